The Morgan fingerprint density at radius 2 is 2.00 bits per heavy atom. The molecule has 17 heavy (non-hydrogen) atoms. The van der Waals surface area contributed by atoms with Crippen molar-refractivity contribution in [2.75, 3.05) is 7.11 Å². The van der Waals surface area contributed by atoms with Gasteiger partial charge < -0.3 is 10.1 Å². The maximum atomic E-state index is 13.3. The van der Waals surface area contributed by atoms with E-state index < -0.39 is 17.7 Å². The van der Waals surface area contributed by atoms with Gasteiger partial charge in [-0.05, 0) is 12.1 Å². The Balaban J connectivity index is 3.09. The third-order valence-electron chi connectivity index (χ3n) is 1.92. The zero-order valence-electron chi connectivity index (χ0n) is 9.49. The molecule has 4 nitrogen and oxygen atoms in total. The first-order valence-electron chi connectivity index (χ1n) is 4.86. The number of hydrogen-bond acceptors (Lipinski definition) is 3. The van der Waals surface area contributed by atoms with Crippen molar-refractivity contribution in [3.8, 4) is 0 Å². The van der Waals surface area contributed by atoms with Crippen molar-refractivity contribution in [1.82, 2.24) is 5.32 Å². The van der Waals surface area contributed by atoms with Crippen molar-refractivity contribution in [3.63, 3.8) is 0 Å². The lowest BCUT2D eigenvalue weighted by Gasteiger charge is -2.06. The van der Waals surface area contributed by atoms with Crippen molar-refractivity contribution in [1.29, 1.82) is 0 Å². The van der Waals surface area contributed by atoms with E-state index in [0.29, 0.717) is 0 Å². The monoisotopic (exact) mass is 237 g/mol. The summed E-state index contributed by atoms with van der Waals surface area (Å²) >= 11 is 0. The van der Waals surface area contributed by atoms with Gasteiger partial charge in [-0.3, -0.25) is 4.79 Å². The summed E-state index contributed by atoms with van der Waals surface area (Å²) in [4.78, 5) is 22.2. The summed E-state index contributed by atoms with van der Waals surface area (Å²) in [6.45, 7) is 1.25. The molecule has 0 radical (unpaired) electrons. The third-order valence-corrected chi connectivity index (χ3v) is 1.92. The van der Waals surface area contributed by atoms with Gasteiger partial charge in [0.05, 0.1) is 7.11 Å². The Hall–Kier alpha value is -2.17. The highest BCUT2D eigenvalue weighted by atomic mass is 19.1. The van der Waals surface area contributed by atoms with E-state index in [2.05, 4.69) is 10.1 Å². The molecule has 0 aliphatic carbocycles. The van der Waals surface area contributed by atoms with Crippen LogP contribution in [0.1, 0.15) is 12.5 Å². The van der Waals surface area contributed by atoms with Crippen LogP contribution in [0.3, 0.4) is 0 Å². The van der Waals surface area contributed by atoms with E-state index in [1.165, 1.54) is 38.3 Å². The molecule has 1 aromatic carbocycles. The van der Waals surface area contributed by atoms with Crippen LogP contribution in [0.15, 0.2) is 30.0 Å². The van der Waals surface area contributed by atoms with Crippen molar-refractivity contribution < 1.29 is 18.7 Å². The van der Waals surface area contributed by atoms with Crippen molar-refractivity contribution >= 4 is 18.0 Å². The SMILES string of the molecule is COC(=O)/C(=C/c1ccccc1F)NC(C)=O. The highest BCUT2D eigenvalue weighted by Crippen LogP contribution is 2.11. The van der Waals surface area contributed by atoms with Gasteiger partial charge >= 0.3 is 5.97 Å². The summed E-state index contributed by atoms with van der Waals surface area (Å²) in [7, 11) is 1.18. The number of benzene rings is 1. The Kier molecular flexibility index (Phi) is 4.39. The fraction of sp³-hybridized carbons (Fsp3) is 0.167. The van der Waals surface area contributed by atoms with Gasteiger partial charge in [0.15, 0.2) is 0 Å². The molecular formula is C12H12FNO3. The fourth-order valence-electron chi connectivity index (χ4n) is 1.19. The Labute approximate surface area is 98.1 Å². The van der Waals surface area contributed by atoms with Gasteiger partial charge in [-0.1, -0.05) is 18.2 Å². The first kappa shape index (κ1) is 12.9. The summed E-state index contributed by atoms with van der Waals surface area (Å²) in [6, 6.07) is 5.90. The number of halogens is 1. The number of rotatable bonds is 3. The Bertz CT molecular complexity index is 469. The van der Waals surface area contributed by atoms with E-state index in [1.54, 1.807) is 6.07 Å². The lowest BCUT2D eigenvalue weighted by molar-refractivity contribution is -0.137. The number of hydrogen-bond donors (Lipinski definition) is 1. The number of nitrogens with one attached hydrogen (secondary N) is 1. The number of carbonyl (C=O) groups is 2. The molecule has 0 aliphatic rings. The maximum absolute atomic E-state index is 13.3. The van der Waals surface area contributed by atoms with Crippen LogP contribution in [0.4, 0.5) is 4.39 Å². The van der Waals surface area contributed by atoms with E-state index in [9.17, 15) is 14.0 Å². The van der Waals surface area contributed by atoms with Crippen molar-refractivity contribution in [3.05, 3.63) is 41.3 Å². The predicted octanol–water partition coefficient (Wildman–Crippen LogP) is 1.48. The summed E-state index contributed by atoms with van der Waals surface area (Å²) in [5, 5.41) is 2.29. The van der Waals surface area contributed by atoms with Crippen molar-refractivity contribution in [2.45, 2.75) is 6.92 Å². The van der Waals surface area contributed by atoms with E-state index >= 15 is 0 Å². The molecule has 0 bridgehead atoms. The average molecular weight is 237 g/mol. The van der Waals surface area contributed by atoms with Crippen LogP contribution in [-0.4, -0.2) is 19.0 Å². The topological polar surface area (TPSA) is 55.4 Å². The first-order valence-corrected chi connectivity index (χ1v) is 4.86. The molecule has 0 saturated carbocycles. The first-order chi connectivity index (χ1) is 8.04. The third kappa shape index (κ3) is 3.71. The zero-order valence-corrected chi connectivity index (χ0v) is 9.49. The number of amides is 1. The molecule has 90 valence electrons. The second kappa shape index (κ2) is 5.79. The summed E-state index contributed by atoms with van der Waals surface area (Å²) in [5.41, 5.74) is 0.0896. The molecular weight excluding hydrogens is 225 g/mol. The summed E-state index contributed by atoms with van der Waals surface area (Å²) < 4.78 is 17.8. The number of esters is 1. The quantitative estimate of drug-likeness (QED) is 0.640. The lowest BCUT2D eigenvalue weighted by atomic mass is 10.2. The Morgan fingerprint density at radius 3 is 2.53 bits per heavy atom. The second-order valence-corrected chi connectivity index (χ2v) is 3.25. The van der Waals surface area contributed by atoms with Gasteiger partial charge in [0.1, 0.15) is 11.5 Å². The van der Waals surface area contributed by atoms with E-state index in [-0.39, 0.29) is 11.3 Å². The van der Waals surface area contributed by atoms with E-state index in [4.69, 9.17) is 0 Å². The molecule has 0 fully saturated rings. The molecule has 0 spiro atoms. The Morgan fingerprint density at radius 1 is 1.35 bits per heavy atom. The molecule has 5 heteroatoms. The molecule has 0 saturated heterocycles. The van der Waals surface area contributed by atoms with Gasteiger partial charge in [-0.25, -0.2) is 9.18 Å². The van der Waals surface area contributed by atoms with E-state index in [0.717, 1.165) is 0 Å². The standard InChI is InChI=1S/C12H12FNO3/c1-8(15)14-11(12(16)17-2)7-9-5-3-4-6-10(9)13/h3-7H,1-2H3,(H,14,15)/b11-7-. The number of methoxy groups -OCH3 is 1. The molecule has 0 unspecified atom stereocenters. The van der Waals surface area contributed by atoms with E-state index in [1.807, 2.05) is 0 Å². The average Bonchev–Trinajstić information content (AvgIpc) is 2.29. The van der Waals surface area contributed by atoms with Gasteiger partial charge in [0.25, 0.3) is 0 Å². The summed E-state index contributed by atoms with van der Waals surface area (Å²) in [6.07, 6.45) is 1.22. The van der Waals surface area contributed by atoms with Gasteiger partial charge in [-0.15, -0.1) is 0 Å². The van der Waals surface area contributed by atoms with Gasteiger partial charge in [-0.2, -0.15) is 0 Å². The number of ether oxygens (including phenoxy) is 1. The highest BCUT2D eigenvalue weighted by molar-refractivity contribution is 5.97. The number of carbonyl (C=O) groups excluding carboxylic acids is 2. The van der Waals surface area contributed by atoms with Gasteiger partial charge in [0, 0.05) is 12.5 Å². The molecule has 0 aromatic heterocycles. The van der Waals surface area contributed by atoms with Crippen LogP contribution in [0.2, 0.25) is 0 Å². The fourth-order valence-corrected chi connectivity index (χ4v) is 1.19. The minimum Gasteiger partial charge on any atom is -0.464 e. The van der Waals surface area contributed by atoms with Crippen LogP contribution in [-0.2, 0) is 14.3 Å². The minimum absolute atomic E-state index is 0.106. The smallest absolute Gasteiger partial charge is 0.354 e. The predicted molar refractivity (Wildman–Crippen MR) is 60.2 cm³/mol. The van der Waals surface area contributed by atoms with Crippen LogP contribution >= 0.6 is 0 Å². The molecule has 0 aliphatic heterocycles. The van der Waals surface area contributed by atoms with Crippen molar-refractivity contribution in [2.24, 2.45) is 0 Å². The molecule has 0 atom stereocenters. The molecule has 1 rings (SSSR count). The van der Waals surface area contributed by atoms with Crippen LogP contribution < -0.4 is 5.32 Å². The lowest BCUT2D eigenvalue weighted by Crippen LogP contribution is -2.25. The molecule has 1 N–H and O–H groups in total. The molecule has 1 aromatic rings. The van der Waals surface area contributed by atoms with Crippen LogP contribution in [0.25, 0.3) is 6.08 Å². The molecule has 1 amide bonds. The normalized spacial score (nSPS) is 10.9. The maximum Gasteiger partial charge on any atom is 0.354 e. The van der Waals surface area contributed by atoms with Crippen LogP contribution in [0, 0.1) is 5.82 Å². The molecule has 0 heterocycles. The highest BCUT2D eigenvalue weighted by Gasteiger charge is 2.12. The summed E-state index contributed by atoms with van der Waals surface area (Å²) in [5.74, 6) is -1.65. The largest absolute Gasteiger partial charge is 0.464 e. The van der Waals surface area contributed by atoms with Gasteiger partial charge in [0.2, 0.25) is 5.91 Å². The zero-order chi connectivity index (χ0) is 12.8. The van der Waals surface area contributed by atoms with Crippen LogP contribution in [0.5, 0.6) is 0 Å². The minimum atomic E-state index is -0.733. The second-order valence-electron chi connectivity index (χ2n) is 3.25.